The molecule has 2 rings (SSSR count). The molecule has 1 aliphatic rings. The minimum atomic E-state index is -0.364. The van der Waals surface area contributed by atoms with Gasteiger partial charge in [-0.25, -0.2) is 4.39 Å². The standard InChI is InChI=1S/C17H25ClFNO/c1-20-16(11-12-8-9-15(19)14(18)10-12)17(21-2)13-6-4-3-5-7-13/h8-10,13,16-17,20H,3-7,11H2,1-2H3. The molecule has 0 amide bonds. The van der Waals surface area contributed by atoms with Crippen molar-refractivity contribution in [1.29, 1.82) is 0 Å². The molecule has 21 heavy (non-hydrogen) atoms. The van der Waals surface area contributed by atoms with Crippen molar-refractivity contribution in [2.45, 2.75) is 50.7 Å². The summed E-state index contributed by atoms with van der Waals surface area (Å²) in [5.74, 6) is 0.245. The second-order valence-corrected chi connectivity index (χ2v) is 6.35. The third-order valence-corrected chi connectivity index (χ3v) is 4.88. The Morgan fingerprint density at radius 3 is 2.62 bits per heavy atom. The number of rotatable bonds is 6. The molecule has 1 aromatic carbocycles. The van der Waals surface area contributed by atoms with E-state index < -0.39 is 0 Å². The van der Waals surface area contributed by atoms with Crippen LogP contribution >= 0.6 is 11.6 Å². The van der Waals surface area contributed by atoms with E-state index in [1.165, 1.54) is 38.2 Å². The molecule has 0 radical (unpaired) electrons. The van der Waals surface area contributed by atoms with E-state index in [2.05, 4.69) is 5.32 Å². The van der Waals surface area contributed by atoms with Crippen molar-refractivity contribution in [3.63, 3.8) is 0 Å². The molecule has 2 unspecified atom stereocenters. The number of likely N-dealkylation sites (N-methyl/N-ethyl adjacent to an activating group) is 1. The molecule has 118 valence electrons. The van der Waals surface area contributed by atoms with E-state index >= 15 is 0 Å². The maximum atomic E-state index is 13.3. The molecule has 0 spiro atoms. The van der Waals surface area contributed by atoms with Crippen molar-refractivity contribution >= 4 is 11.6 Å². The lowest BCUT2D eigenvalue weighted by atomic mass is 9.81. The Hall–Kier alpha value is -0.640. The summed E-state index contributed by atoms with van der Waals surface area (Å²) in [6, 6.07) is 5.18. The van der Waals surface area contributed by atoms with E-state index in [0.29, 0.717) is 5.92 Å². The lowest BCUT2D eigenvalue weighted by Gasteiger charge is -2.35. The zero-order chi connectivity index (χ0) is 15.2. The largest absolute Gasteiger partial charge is 0.380 e. The topological polar surface area (TPSA) is 21.3 Å². The maximum absolute atomic E-state index is 13.3. The van der Waals surface area contributed by atoms with E-state index in [0.717, 1.165) is 12.0 Å². The quantitative estimate of drug-likeness (QED) is 0.849. The summed E-state index contributed by atoms with van der Waals surface area (Å²) in [5.41, 5.74) is 1.04. The van der Waals surface area contributed by atoms with Crippen molar-refractivity contribution in [3.8, 4) is 0 Å². The van der Waals surface area contributed by atoms with Crippen LogP contribution in [0.1, 0.15) is 37.7 Å². The Morgan fingerprint density at radius 2 is 2.05 bits per heavy atom. The molecule has 0 bridgehead atoms. The van der Waals surface area contributed by atoms with Gasteiger partial charge in [0.1, 0.15) is 5.82 Å². The second-order valence-electron chi connectivity index (χ2n) is 5.95. The van der Waals surface area contributed by atoms with Crippen LogP contribution in [-0.4, -0.2) is 26.3 Å². The first-order valence-electron chi connectivity index (χ1n) is 7.79. The van der Waals surface area contributed by atoms with Gasteiger partial charge >= 0.3 is 0 Å². The van der Waals surface area contributed by atoms with Crippen LogP contribution < -0.4 is 5.32 Å². The van der Waals surface area contributed by atoms with Crippen molar-refractivity contribution in [1.82, 2.24) is 5.32 Å². The molecule has 2 nitrogen and oxygen atoms in total. The fourth-order valence-corrected chi connectivity index (χ4v) is 3.65. The molecule has 4 heteroatoms. The zero-order valence-corrected chi connectivity index (χ0v) is 13.6. The van der Waals surface area contributed by atoms with Gasteiger partial charge in [-0.3, -0.25) is 0 Å². The average Bonchev–Trinajstić information content (AvgIpc) is 2.51. The van der Waals surface area contributed by atoms with E-state index in [1.807, 2.05) is 7.05 Å². The highest BCUT2D eigenvalue weighted by molar-refractivity contribution is 6.30. The van der Waals surface area contributed by atoms with Crippen LogP contribution in [-0.2, 0) is 11.2 Å². The number of ether oxygens (including phenoxy) is 1. The second kappa shape index (κ2) is 8.11. The molecule has 1 N–H and O–H groups in total. The van der Waals surface area contributed by atoms with E-state index in [9.17, 15) is 4.39 Å². The minimum absolute atomic E-state index is 0.189. The fraction of sp³-hybridized carbons (Fsp3) is 0.647. The highest BCUT2D eigenvalue weighted by Gasteiger charge is 2.30. The number of hydrogen-bond donors (Lipinski definition) is 1. The molecule has 0 aliphatic heterocycles. The van der Waals surface area contributed by atoms with Gasteiger partial charge < -0.3 is 10.1 Å². The molecule has 1 aromatic rings. The van der Waals surface area contributed by atoms with Crippen LogP contribution in [0.4, 0.5) is 4.39 Å². The lowest BCUT2D eigenvalue weighted by Crippen LogP contribution is -2.45. The SMILES string of the molecule is CNC(Cc1ccc(F)c(Cl)c1)C(OC)C1CCCCC1. The summed E-state index contributed by atoms with van der Waals surface area (Å²) in [6.07, 6.45) is 7.39. The van der Waals surface area contributed by atoms with E-state index in [4.69, 9.17) is 16.3 Å². The van der Waals surface area contributed by atoms with Gasteiger partial charge in [-0.15, -0.1) is 0 Å². The first kappa shape index (κ1) is 16.7. The zero-order valence-electron chi connectivity index (χ0n) is 12.9. The van der Waals surface area contributed by atoms with Crippen molar-refractivity contribution < 1.29 is 9.13 Å². The van der Waals surface area contributed by atoms with Crippen LogP contribution in [0, 0.1) is 11.7 Å². The Labute approximate surface area is 132 Å². The van der Waals surface area contributed by atoms with E-state index in [1.54, 1.807) is 19.2 Å². The highest BCUT2D eigenvalue weighted by atomic mass is 35.5. The summed E-state index contributed by atoms with van der Waals surface area (Å²) < 4.78 is 19.1. The molecule has 0 heterocycles. The number of benzene rings is 1. The lowest BCUT2D eigenvalue weighted by molar-refractivity contribution is 0.0101. The molecule has 2 atom stereocenters. The van der Waals surface area contributed by atoms with Crippen LogP contribution in [0.5, 0.6) is 0 Å². The summed E-state index contributed by atoms with van der Waals surface area (Å²) >= 11 is 5.88. The van der Waals surface area contributed by atoms with Gasteiger partial charge in [0, 0.05) is 13.2 Å². The van der Waals surface area contributed by atoms with Crippen molar-refractivity contribution in [2.24, 2.45) is 5.92 Å². The molecule has 1 aliphatic carbocycles. The van der Waals surface area contributed by atoms with Crippen molar-refractivity contribution in [3.05, 3.63) is 34.6 Å². The summed E-state index contributed by atoms with van der Waals surface area (Å²) in [5, 5.41) is 3.56. The molecular weight excluding hydrogens is 289 g/mol. The number of nitrogens with one attached hydrogen (secondary N) is 1. The first-order chi connectivity index (χ1) is 10.2. The Balaban J connectivity index is 2.07. The predicted molar refractivity (Wildman–Crippen MR) is 85.3 cm³/mol. The maximum Gasteiger partial charge on any atom is 0.141 e. The van der Waals surface area contributed by atoms with Crippen LogP contribution in [0.25, 0.3) is 0 Å². The fourth-order valence-electron chi connectivity index (χ4n) is 3.45. The Morgan fingerprint density at radius 1 is 1.33 bits per heavy atom. The molecule has 1 fully saturated rings. The van der Waals surface area contributed by atoms with Gasteiger partial charge in [0.2, 0.25) is 0 Å². The van der Waals surface area contributed by atoms with Gasteiger partial charge in [-0.05, 0) is 49.9 Å². The van der Waals surface area contributed by atoms with E-state index in [-0.39, 0.29) is 23.0 Å². The molecular formula is C17H25ClFNO. The number of hydrogen-bond acceptors (Lipinski definition) is 2. The van der Waals surface area contributed by atoms with Gasteiger partial charge in [-0.2, -0.15) is 0 Å². The van der Waals surface area contributed by atoms with Crippen molar-refractivity contribution in [2.75, 3.05) is 14.2 Å². The Kier molecular flexibility index (Phi) is 6.46. The summed E-state index contributed by atoms with van der Waals surface area (Å²) in [4.78, 5) is 0. The average molecular weight is 314 g/mol. The summed E-state index contributed by atoms with van der Waals surface area (Å²) in [6.45, 7) is 0. The van der Waals surface area contributed by atoms with Crippen LogP contribution in [0.3, 0.4) is 0 Å². The van der Waals surface area contributed by atoms with Gasteiger partial charge in [0.05, 0.1) is 11.1 Å². The smallest absolute Gasteiger partial charge is 0.141 e. The van der Waals surface area contributed by atoms with Crippen LogP contribution in [0.15, 0.2) is 18.2 Å². The van der Waals surface area contributed by atoms with Crippen LogP contribution in [0.2, 0.25) is 5.02 Å². The third-order valence-electron chi connectivity index (χ3n) is 4.59. The van der Waals surface area contributed by atoms with Gasteiger partial charge in [0.25, 0.3) is 0 Å². The van der Waals surface area contributed by atoms with Gasteiger partial charge in [-0.1, -0.05) is 36.9 Å². The minimum Gasteiger partial charge on any atom is -0.380 e. The number of halogens is 2. The molecule has 0 aromatic heterocycles. The predicted octanol–water partition coefficient (Wildman–Crippen LogP) is 4.20. The third kappa shape index (κ3) is 4.41. The van der Waals surface area contributed by atoms with Gasteiger partial charge in [0.15, 0.2) is 0 Å². The first-order valence-corrected chi connectivity index (χ1v) is 8.17. The molecule has 0 saturated heterocycles. The monoisotopic (exact) mass is 313 g/mol. The normalized spacial score (nSPS) is 19.4. The Bertz CT molecular complexity index is 448. The highest BCUT2D eigenvalue weighted by Crippen LogP contribution is 2.30. The summed E-state index contributed by atoms with van der Waals surface area (Å²) in [7, 11) is 3.76. The number of methoxy groups -OCH3 is 1. The molecule has 1 saturated carbocycles.